The van der Waals surface area contributed by atoms with E-state index in [-0.39, 0.29) is 5.97 Å². The zero-order chi connectivity index (χ0) is 10.6. The van der Waals surface area contributed by atoms with Gasteiger partial charge in [0.2, 0.25) is 0 Å². The van der Waals surface area contributed by atoms with Crippen molar-refractivity contribution in [2.24, 2.45) is 5.73 Å². The fraction of sp³-hybridized carbons (Fsp3) is 0.375. The van der Waals surface area contributed by atoms with Gasteiger partial charge in [0.25, 0.3) is 0 Å². The number of ether oxygens (including phenoxy) is 1. The second kappa shape index (κ2) is 5.62. The van der Waals surface area contributed by atoms with Gasteiger partial charge in [-0.25, -0.2) is 4.79 Å². The van der Waals surface area contributed by atoms with Crippen molar-refractivity contribution in [3.8, 4) is 0 Å². The Bertz CT molecular complexity index is 306. The molecule has 0 bridgehead atoms. The average molecular weight is 326 g/mol. The SMILES string of the molecule is CCOC(=O)c1c(CN)ccn1SI. The van der Waals surface area contributed by atoms with Gasteiger partial charge in [-0.15, -0.1) is 0 Å². The number of rotatable bonds is 4. The first-order valence-corrected chi connectivity index (χ1v) is 7.42. The number of hydrogen-bond donors (Lipinski definition) is 1. The molecule has 0 amide bonds. The molecule has 0 saturated heterocycles. The molecule has 1 aromatic rings. The van der Waals surface area contributed by atoms with Crippen molar-refractivity contribution in [1.29, 1.82) is 0 Å². The minimum Gasteiger partial charge on any atom is -0.461 e. The second-order valence-corrected chi connectivity index (χ2v) is 4.22. The molecule has 1 aromatic heterocycles. The van der Waals surface area contributed by atoms with E-state index < -0.39 is 0 Å². The molecule has 0 unspecified atom stereocenters. The number of esters is 1. The van der Waals surface area contributed by atoms with Gasteiger partial charge in [0.15, 0.2) is 0 Å². The minimum atomic E-state index is -0.317. The first-order chi connectivity index (χ1) is 6.74. The Hall–Kier alpha value is -0.210. The standard InChI is InChI=1S/C8H11IN2O2S/c1-2-13-8(12)7-6(5-10)3-4-11(7)14-9/h3-4H,2,5,10H2,1H3. The highest BCUT2D eigenvalue weighted by Crippen LogP contribution is 2.22. The predicted octanol–water partition coefficient (Wildman–Crippen LogP) is 1.97. The zero-order valence-electron chi connectivity index (χ0n) is 7.70. The number of nitrogens with zero attached hydrogens (tertiary/aromatic N) is 1. The molecule has 1 heterocycles. The highest BCUT2D eigenvalue weighted by atomic mass is 127. The maximum Gasteiger partial charge on any atom is 0.356 e. The highest BCUT2D eigenvalue weighted by Gasteiger charge is 2.17. The predicted molar refractivity (Wildman–Crippen MR) is 65.3 cm³/mol. The Labute approximate surface area is 98.9 Å². The van der Waals surface area contributed by atoms with Gasteiger partial charge in [-0.3, -0.25) is 3.97 Å². The van der Waals surface area contributed by atoms with Crippen LogP contribution in [0.5, 0.6) is 0 Å². The van der Waals surface area contributed by atoms with Crippen molar-refractivity contribution in [2.75, 3.05) is 6.61 Å². The van der Waals surface area contributed by atoms with Crippen LogP contribution < -0.4 is 5.73 Å². The van der Waals surface area contributed by atoms with Crippen LogP contribution in [-0.4, -0.2) is 16.5 Å². The quantitative estimate of drug-likeness (QED) is 0.679. The van der Waals surface area contributed by atoms with Gasteiger partial charge >= 0.3 is 5.97 Å². The van der Waals surface area contributed by atoms with Crippen LogP contribution in [0.3, 0.4) is 0 Å². The summed E-state index contributed by atoms with van der Waals surface area (Å²) >= 11 is 2.10. The van der Waals surface area contributed by atoms with Gasteiger partial charge in [0.05, 0.1) is 6.61 Å². The monoisotopic (exact) mass is 326 g/mol. The van der Waals surface area contributed by atoms with E-state index in [1.54, 1.807) is 10.9 Å². The lowest BCUT2D eigenvalue weighted by Crippen LogP contribution is -2.12. The van der Waals surface area contributed by atoms with E-state index in [0.29, 0.717) is 18.8 Å². The van der Waals surface area contributed by atoms with Crippen LogP contribution in [0.1, 0.15) is 23.0 Å². The maximum atomic E-state index is 11.5. The third-order valence-electron chi connectivity index (χ3n) is 1.70. The van der Waals surface area contributed by atoms with Crippen LogP contribution in [0.25, 0.3) is 0 Å². The Morgan fingerprint density at radius 2 is 2.50 bits per heavy atom. The molecule has 14 heavy (non-hydrogen) atoms. The van der Waals surface area contributed by atoms with Crippen molar-refractivity contribution in [1.82, 2.24) is 3.97 Å². The molecule has 0 spiro atoms. The van der Waals surface area contributed by atoms with Crippen molar-refractivity contribution >= 4 is 36.3 Å². The van der Waals surface area contributed by atoms with Crippen LogP contribution in [0.4, 0.5) is 0 Å². The van der Waals surface area contributed by atoms with Gasteiger partial charge < -0.3 is 10.5 Å². The van der Waals surface area contributed by atoms with E-state index in [0.717, 1.165) is 5.56 Å². The number of hydrogen-bond acceptors (Lipinski definition) is 4. The smallest absolute Gasteiger partial charge is 0.356 e. The van der Waals surface area contributed by atoms with Crippen LogP contribution in [0.15, 0.2) is 12.3 Å². The molecule has 0 radical (unpaired) electrons. The third-order valence-corrected chi connectivity index (χ3v) is 3.42. The van der Waals surface area contributed by atoms with E-state index >= 15 is 0 Å². The molecule has 2 N–H and O–H groups in total. The zero-order valence-corrected chi connectivity index (χ0v) is 10.7. The number of nitrogens with two attached hydrogens (primary N) is 1. The summed E-state index contributed by atoms with van der Waals surface area (Å²) in [7, 11) is 1.42. The molecule has 0 aliphatic rings. The molecule has 4 nitrogen and oxygen atoms in total. The lowest BCUT2D eigenvalue weighted by atomic mass is 10.2. The molecule has 0 fully saturated rings. The number of carbonyl (C=O) groups is 1. The van der Waals surface area contributed by atoms with E-state index in [1.807, 2.05) is 12.3 Å². The largest absolute Gasteiger partial charge is 0.461 e. The summed E-state index contributed by atoms with van der Waals surface area (Å²) in [5, 5.41) is 0. The Balaban J connectivity index is 3.01. The fourth-order valence-electron chi connectivity index (χ4n) is 1.10. The topological polar surface area (TPSA) is 57.2 Å². The molecule has 78 valence electrons. The normalized spacial score (nSPS) is 10.2. The third kappa shape index (κ3) is 2.43. The average Bonchev–Trinajstić information content (AvgIpc) is 2.60. The van der Waals surface area contributed by atoms with E-state index in [4.69, 9.17) is 10.5 Å². The van der Waals surface area contributed by atoms with Gasteiger partial charge in [0, 0.05) is 43.1 Å². The molecular formula is C8H11IN2O2S. The Kier molecular flexibility index (Phi) is 4.76. The van der Waals surface area contributed by atoms with Gasteiger partial charge in [0.1, 0.15) is 5.69 Å². The number of halogens is 1. The van der Waals surface area contributed by atoms with E-state index in [9.17, 15) is 4.79 Å². The van der Waals surface area contributed by atoms with Gasteiger partial charge in [-0.1, -0.05) is 0 Å². The summed E-state index contributed by atoms with van der Waals surface area (Å²) in [5.41, 5.74) is 6.87. The molecule has 0 aromatic carbocycles. The minimum absolute atomic E-state index is 0.317. The fourth-order valence-corrected chi connectivity index (χ4v) is 2.45. The van der Waals surface area contributed by atoms with E-state index in [1.165, 1.54) is 9.12 Å². The van der Waals surface area contributed by atoms with Crippen molar-refractivity contribution in [3.05, 3.63) is 23.5 Å². The van der Waals surface area contributed by atoms with Crippen molar-refractivity contribution < 1.29 is 9.53 Å². The summed E-state index contributed by atoms with van der Waals surface area (Å²) in [4.78, 5) is 11.5. The van der Waals surface area contributed by atoms with Crippen LogP contribution in [-0.2, 0) is 11.3 Å². The number of carbonyl (C=O) groups excluding carboxylic acids is 1. The second-order valence-electron chi connectivity index (χ2n) is 2.51. The Morgan fingerprint density at radius 3 is 3.00 bits per heavy atom. The van der Waals surface area contributed by atoms with Crippen molar-refractivity contribution in [2.45, 2.75) is 13.5 Å². The van der Waals surface area contributed by atoms with E-state index in [2.05, 4.69) is 21.2 Å². The molecule has 0 aliphatic heterocycles. The summed E-state index contributed by atoms with van der Waals surface area (Å²) in [6.07, 6.45) is 1.81. The lowest BCUT2D eigenvalue weighted by Gasteiger charge is -2.05. The van der Waals surface area contributed by atoms with Crippen molar-refractivity contribution in [3.63, 3.8) is 0 Å². The maximum absolute atomic E-state index is 11.5. The molecule has 6 heteroatoms. The first-order valence-electron chi connectivity index (χ1n) is 4.11. The Morgan fingerprint density at radius 1 is 1.79 bits per heavy atom. The number of aromatic nitrogens is 1. The summed E-state index contributed by atoms with van der Waals surface area (Å²) in [6.45, 7) is 2.50. The van der Waals surface area contributed by atoms with Crippen LogP contribution in [0, 0.1) is 0 Å². The van der Waals surface area contributed by atoms with Gasteiger partial charge in [-0.05, 0) is 18.6 Å². The van der Waals surface area contributed by atoms with Crippen LogP contribution in [0.2, 0.25) is 0 Å². The van der Waals surface area contributed by atoms with Gasteiger partial charge in [-0.2, -0.15) is 0 Å². The molecule has 0 atom stereocenters. The molecule has 1 rings (SSSR count). The van der Waals surface area contributed by atoms with Crippen LogP contribution >= 0.6 is 30.3 Å². The summed E-state index contributed by atoms with van der Waals surface area (Å²) in [5.74, 6) is -0.317. The molecule has 0 saturated carbocycles. The highest BCUT2D eigenvalue weighted by molar-refractivity contribution is 14.2. The first kappa shape index (κ1) is 11.9. The molecular weight excluding hydrogens is 315 g/mol. The lowest BCUT2D eigenvalue weighted by molar-refractivity contribution is 0.0517. The summed E-state index contributed by atoms with van der Waals surface area (Å²) < 4.78 is 6.69. The summed E-state index contributed by atoms with van der Waals surface area (Å²) in [6, 6.07) is 1.83. The molecule has 0 aliphatic carbocycles.